The van der Waals surface area contributed by atoms with Crippen LogP contribution < -0.4 is 24.4 Å². The summed E-state index contributed by atoms with van der Waals surface area (Å²) in [7, 11) is 4.76. The highest BCUT2D eigenvalue weighted by Crippen LogP contribution is 2.42. The van der Waals surface area contributed by atoms with E-state index < -0.39 is 0 Å². The van der Waals surface area contributed by atoms with E-state index in [-0.39, 0.29) is 18.7 Å². The Kier molecular flexibility index (Phi) is 5.98. The van der Waals surface area contributed by atoms with E-state index in [1.807, 2.05) is 22.9 Å². The lowest BCUT2D eigenvalue weighted by molar-refractivity contribution is 0.263. The molecule has 3 aliphatic rings. The lowest BCUT2D eigenvalue weighted by Gasteiger charge is -2.30. The van der Waals surface area contributed by atoms with Gasteiger partial charge in [0.25, 0.3) is 0 Å². The molecular formula is C27H30N6O4. The van der Waals surface area contributed by atoms with Gasteiger partial charge in [0, 0.05) is 23.6 Å². The quantitative estimate of drug-likeness (QED) is 0.449. The van der Waals surface area contributed by atoms with Crippen molar-refractivity contribution in [1.82, 2.24) is 19.5 Å². The second-order valence-electron chi connectivity index (χ2n) is 9.46. The van der Waals surface area contributed by atoms with Gasteiger partial charge in [0.2, 0.25) is 11.7 Å². The Bertz CT molecular complexity index is 1370. The van der Waals surface area contributed by atoms with Crippen LogP contribution in [0.15, 0.2) is 42.5 Å². The topological polar surface area (TPSA) is 107 Å². The van der Waals surface area contributed by atoms with E-state index in [9.17, 15) is 5.11 Å². The normalized spacial score (nSPS) is 21.3. The van der Waals surface area contributed by atoms with Gasteiger partial charge in [-0.25, -0.2) is 9.97 Å². The predicted octanol–water partition coefficient (Wildman–Crippen LogP) is 3.20. The first-order valence-corrected chi connectivity index (χ1v) is 12.5. The summed E-state index contributed by atoms with van der Waals surface area (Å²) in [5, 5.41) is 13.4. The van der Waals surface area contributed by atoms with Crippen LogP contribution in [0.4, 0.5) is 17.6 Å². The Morgan fingerprint density at radius 2 is 1.89 bits per heavy atom. The number of aliphatic hydroxyl groups excluding tert-OH is 1. The van der Waals surface area contributed by atoms with Crippen molar-refractivity contribution in [1.29, 1.82) is 0 Å². The first kappa shape index (κ1) is 23.4. The molecule has 6 rings (SSSR count). The number of methoxy groups -OCH3 is 3. The first-order chi connectivity index (χ1) is 18.1. The maximum absolute atomic E-state index is 10.1. The molecule has 37 heavy (non-hydrogen) atoms. The smallest absolute Gasteiger partial charge is 0.230 e. The van der Waals surface area contributed by atoms with E-state index in [0.717, 1.165) is 42.9 Å². The Balaban J connectivity index is 1.32. The van der Waals surface area contributed by atoms with Gasteiger partial charge in [-0.05, 0) is 37.8 Å². The zero-order valence-electron chi connectivity index (χ0n) is 21.1. The Morgan fingerprint density at radius 3 is 2.62 bits per heavy atom. The molecule has 10 nitrogen and oxygen atoms in total. The highest BCUT2D eigenvalue weighted by molar-refractivity contribution is 5.62. The summed E-state index contributed by atoms with van der Waals surface area (Å²) in [5.41, 5.74) is 6.32. The van der Waals surface area contributed by atoms with Crippen molar-refractivity contribution in [3.05, 3.63) is 53.8 Å². The summed E-state index contributed by atoms with van der Waals surface area (Å²) in [6, 6.07) is 3.91. The maximum Gasteiger partial charge on any atom is 0.230 e. The number of nitrogens with zero attached hydrogens (tertiary/aromatic N) is 5. The largest absolute Gasteiger partial charge is 0.493 e. The molecule has 0 spiro atoms. The second kappa shape index (κ2) is 9.46. The van der Waals surface area contributed by atoms with E-state index >= 15 is 0 Å². The van der Waals surface area contributed by atoms with Crippen molar-refractivity contribution in [3.63, 3.8) is 0 Å². The Hall–Kier alpha value is -4.01. The Labute approximate surface area is 215 Å². The first-order valence-electron chi connectivity index (χ1n) is 12.5. The highest BCUT2D eigenvalue weighted by atomic mass is 16.5. The van der Waals surface area contributed by atoms with Gasteiger partial charge in [0.05, 0.1) is 57.6 Å². The van der Waals surface area contributed by atoms with Gasteiger partial charge in [0.15, 0.2) is 17.3 Å². The maximum atomic E-state index is 10.1. The number of aliphatic hydroxyl groups is 1. The van der Waals surface area contributed by atoms with Crippen LogP contribution >= 0.6 is 0 Å². The van der Waals surface area contributed by atoms with Gasteiger partial charge < -0.3 is 34.1 Å². The fourth-order valence-corrected chi connectivity index (χ4v) is 5.68. The lowest BCUT2D eigenvalue weighted by Crippen LogP contribution is -2.39. The molecule has 0 unspecified atom stereocenters. The molecule has 0 bridgehead atoms. The number of hydrogen-bond acceptors (Lipinski definition) is 9. The number of aryl methyl sites for hydroxylation is 1. The number of ether oxygens (including phenoxy) is 3. The van der Waals surface area contributed by atoms with Crippen LogP contribution in [-0.2, 0) is 12.8 Å². The molecule has 1 aromatic carbocycles. The van der Waals surface area contributed by atoms with E-state index in [2.05, 4.69) is 33.1 Å². The van der Waals surface area contributed by atoms with E-state index in [1.54, 1.807) is 27.7 Å². The molecule has 1 saturated heterocycles. The molecular weight excluding hydrogens is 472 g/mol. The van der Waals surface area contributed by atoms with Gasteiger partial charge in [-0.1, -0.05) is 0 Å². The summed E-state index contributed by atoms with van der Waals surface area (Å²) in [6.07, 6.45) is 11.6. The van der Waals surface area contributed by atoms with Gasteiger partial charge >= 0.3 is 0 Å². The minimum atomic E-state index is 0.0243. The van der Waals surface area contributed by atoms with Gasteiger partial charge in [-0.15, -0.1) is 5.73 Å². The average Bonchev–Trinajstić information content (AvgIpc) is 3.71. The number of anilines is 3. The van der Waals surface area contributed by atoms with Gasteiger partial charge in [-0.2, -0.15) is 4.98 Å². The highest BCUT2D eigenvalue weighted by Gasteiger charge is 2.42. The standard InChI is InChI=1S/C27H30N6O4/c1-35-22-11-17(12-23(36-2)25(22)37-3)32-13-24(28-15-32)30-27-29-20-8-5-7-19(20)26(31-27)33-18(14-34)10-16-6-4-9-21(16)33/h6,9,11-13,15-16,18,21,34H,5,7-8,10,14H2,1-3H3,(H,29,30,31)/t16-,18+,21-/m1/s1. The number of benzene rings is 1. The summed E-state index contributed by atoms with van der Waals surface area (Å²) in [5.74, 6) is 4.03. The SMILES string of the molecule is COc1cc(-n2cnc(Nc3nc4c(c(N5[C@H](CO)C[C@H]6C=C=C[C@H]65)n3)CCC4)c2)cc(OC)c1OC. The molecule has 0 amide bonds. The number of nitrogens with one attached hydrogen (secondary N) is 1. The van der Waals surface area contributed by atoms with Gasteiger partial charge in [0.1, 0.15) is 12.1 Å². The van der Waals surface area contributed by atoms with Crippen molar-refractivity contribution >= 4 is 17.6 Å². The van der Waals surface area contributed by atoms with Crippen LogP contribution in [-0.4, -0.2) is 64.6 Å². The number of rotatable bonds is 8. The van der Waals surface area contributed by atoms with Crippen LogP contribution in [0.25, 0.3) is 5.69 Å². The molecule has 0 saturated carbocycles. The van der Waals surface area contributed by atoms with Crippen molar-refractivity contribution in [2.24, 2.45) is 5.92 Å². The zero-order valence-corrected chi connectivity index (χ0v) is 21.1. The number of imidazole rings is 1. The number of hydrogen-bond donors (Lipinski definition) is 2. The van der Waals surface area contributed by atoms with E-state index in [4.69, 9.17) is 24.2 Å². The molecule has 1 fully saturated rings. The van der Waals surface area contributed by atoms with E-state index in [0.29, 0.717) is 34.9 Å². The second-order valence-corrected chi connectivity index (χ2v) is 9.46. The van der Waals surface area contributed by atoms with Gasteiger partial charge in [-0.3, -0.25) is 0 Å². The van der Waals surface area contributed by atoms with Crippen molar-refractivity contribution in [2.45, 2.75) is 37.8 Å². The summed E-state index contributed by atoms with van der Waals surface area (Å²) in [4.78, 5) is 16.6. The van der Waals surface area contributed by atoms with Crippen LogP contribution in [0, 0.1) is 5.92 Å². The van der Waals surface area contributed by atoms with Crippen molar-refractivity contribution in [2.75, 3.05) is 38.2 Å². The van der Waals surface area contributed by atoms with Crippen molar-refractivity contribution in [3.8, 4) is 22.9 Å². The minimum absolute atomic E-state index is 0.0243. The summed E-state index contributed by atoms with van der Waals surface area (Å²) >= 11 is 0. The fourth-order valence-electron chi connectivity index (χ4n) is 5.68. The third-order valence-electron chi connectivity index (χ3n) is 7.41. The molecule has 3 aromatic rings. The van der Waals surface area contributed by atoms with E-state index in [1.165, 1.54) is 5.56 Å². The molecule has 3 atom stereocenters. The zero-order chi connectivity index (χ0) is 25.5. The third kappa shape index (κ3) is 3.98. The predicted molar refractivity (Wildman–Crippen MR) is 138 cm³/mol. The fraction of sp³-hybridized carbons (Fsp3) is 0.407. The van der Waals surface area contributed by atoms with Crippen molar-refractivity contribution < 1.29 is 19.3 Å². The third-order valence-corrected chi connectivity index (χ3v) is 7.41. The molecule has 192 valence electrons. The molecule has 10 heteroatoms. The summed E-state index contributed by atoms with van der Waals surface area (Å²) < 4.78 is 18.3. The molecule has 2 N–H and O–H groups in total. The Morgan fingerprint density at radius 1 is 1.08 bits per heavy atom. The minimum Gasteiger partial charge on any atom is -0.493 e. The number of aromatic nitrogens is 4. The molecule has 3 heterocycles. The molecule has 2 aliphatic carbocycles. The van der Waals surface area contributed by atoms with Crippen LogP contribution in [0.3, 0.4) is 0 Å². The lowest BCUT2D eigenvalue weighted by atomic mass is 10.0. The average molecular weight is 503 g/mol. The monoisotopic (exact) mass is 502 g/mol. The molecule has 1 aliphatic heterocycles. The molecule has 2 aromatic heterocycles. The summed E-state index contributed by atoms with van der Waals surface area (Å²) in [6.45, 7) is 0.0927. The number of fused-ring (bicyclic) bond motifs is 2. The van der Waals surface area contributed by atoms with Crippen LogP contribution in [0.5, 0.6) is 17.2 Å². The van der Waals surface area contributed by atoms with Crippen LogP contribution in [0.1, 0.15) is 24.1 Å². The van der Waals surface area contributed by atoms with Crippen LogP contribution in [0.2, 0.25) is 0 Å². The molecule has 0 radical (unpaired) electrons.